The molecule has 1 saturated heterocycles. The van der Waals surface area contributed by atoms with Gasteiger partial charge in [-0.15, -0.1) is 0 Å². The number of carboxylic acid groups (broad SMARTS) is 1. The topological polar surface area (TPSA) is 59.4 Å². The number of rotatable bonds is 3. The summed E-state index contributed by atoms with van der Waals surface area (Å²) >= 11 is 3.32. The summed E-state index contributed by atoms with van der Waals surface area (Å²) in [5.74, 6) is -0.602. The largest absolute Gasteiger partial charge is 0.481 e. The molecule has 4 nitrogen and oxygen atoms in total. The molecule has 2 atom stereocenters. The molecule has 2 unspecified atom stereocenters. The monoisotopic (exact) mass is 285 g/mol. The van der Waals surface area contributed by atoms with Gasteiger partial charge >= 0.3 is 5.97 Å². The molecule has 2 rings (SSSR count). The third-order valence-electron chi connectivity index (χ3n) is 2.64. The van der Waals surface area contributed by atoms with Gasteiger partial charge in [0.25, 0.3) is 0 Å². The van der Waals surface area contributed by atoms with Crippen LogP contribution in [-0.4, -0.2) is 28.8 Å². The van der Waals surface area contributed by atoms with Crippen molar-refractivity contribution in [2.45, 2.75) is 24.9 Å². The lowest BCUT2D eigenvalue weighted by atomic mass is 10.00. The molecule has 1 aromatic heterocycles. The van der Waals surface area contributed by atoms with Gasteiger partial charge < -0.3 is 9.84 Å². The molecule has 2 heterocycles. The second-order valence-corrected chi connectivity index (χ2v) is 4.68. The molecule has 1 fully saturated rings. The van der Waals surface area contributed by atoms with E-state index >= 15 is 0 Å². The maximum atomic E-state index is 10.5. The SMILES string of the molecule is O=C(O)CC1CC(c2cccc(Br)n2)CO1. The van der Waals surface area contributed by atoms with Crippen molar-refractivity contribution in [2.75, 3.05) is 6.61 Å². The number of nitrogens with zero attached hydrogens (tertiary/aromatic N) is 1. The zero-order valence-corrected chi connectivity index (χ0v) is 10.2. The standard InChI is InChI=1S/C11H12BrNO3/c12-10-3-1-2-9(13-10)7-4-8(16-6-7)5-11(14)15/h1-3,7-8H,4-6H2,(H,14,15). The summed E-state index contributed by atoms with van der Waals surface area (Å²) in [5.41, 5.74) is 0.960. The van der Waals surface area contributed by atoms with E-state index in [-0.39, 0.29) is 18.4 Å². The predicted octanol–water partition coefficient (Wildman–Crippen LogP) is 2.19. The van der Waals surface area contributed by atoms with Gasteiger partial charge in [0.05, 0.1) is 19.1 Å². The fraction of sp³-hybridized carbons (Fsp3) is 0.455. The van der Waals surface area contributed by atoms with Crippen molar-refractivity contribution in [2.24, 2.45) is 0 Å². The van der Waals surface area contributed by atoms with Gasteiger partial charge in [0.15, 0.2) is 0 Å². The molecular formula is C11H12BrNO3. The molecule has 1 aliphatic rings. The number of hydrogen-bond acceptors (Lipinski definition) is 3. The molecule has 0 aliphatic carbocycles. The molecule has 0 bridgehead atoms. The first-order chi connectivity index (χ1) is 7.65. The number of aliphatic carboxylic acids is 1. The first-order valence-electron chi connectivity index (χ1n) is 5.11. The molecule has 0 spiro atoms. The van der Waals surface area contributed by atoms with Gasteiger partial charge in [-0.3, -0.25) is 4.79 Å². The van der Waals surface area contributed by atoms with E-state index in [2.05, 4.69) is 20.9 Å². The van der Waals surface area contributed by atoms with E-state index in [1.54, 1.807) is 0 Å². The van der Waals surface area contributed by atoms with Crippen LogP contribution in [-0.2, 0) is 9.53 Å². The number of halogens is 1. The fourth-order valence-electron chi connectivity index (χ4n) is 1.90. The van der Waals surface area contributed by atoms with E-state index in [1.165, 1.54) is 0 Å². The van der Waals surface area contributed by atoms with Crippen molar-refractivity contribution in [3.63, 3.8) is 0 Å². The van der Waals surface area contributed by atoms with Crippen molar-refractivity contribution in [3.8, 4) is 0 Å². The maximum Gasteiger partial charge on any atom is 0.305 e. The smallest absolute Gasteiger partial charge is 0.305 e. The van der Waals surface area contributed by atoms with E-state index in [4.69, 9.17) is 9.84 Å². The van der Waals surface area contributed by atoms with Crippen molar-refractivity contribution >= 4 is 21.9 Å². The zero-order chi connectivity index (χ0) is 11.5. The van der Waals surface area contributed by atoms with Crippen LogP contribution in [0, 0.1) is 0 Å². The van der Waals surface area contributed by atoms with Gasteiger partial charge in [-0.1, -0.05) is 6.07 Å². The number of pyridine rings is 1. The number of aromatic nitrogens is 1. The molecule has 0 amide bonds. The summed E-state index contributed by atoms with van der Waals surface area (Å²) in [5, 5.41) is 8.67. The Balaban J connectivity index is 2.00. The van der Waals surface area contributed by atoms with Crippen LogP contribution in [0.1, 0.15) is 24.5 Å². The highest BCUT2D eigenvalue weighted by Crippen LogP contribution is 2.30. The lowest BCUT2D eigenvalue weighted by Crippen LogP contribution is -2.11. The van der Waals surface area contributed by atoms with Crippen molar-refractivity contribution in [1.82, 2.24) is 4.98 Å². The number of ether oxygens (including phenoxy) is 1. The van der Waals surface area contributed by atoms with Crippen LogP contribution in [0.15, 0.2) is 22.8 Å². The summed E-state index contributed by atoms with van der Waals surface area (Å²) < 4.78 is 6.23. The molecule has 1 aromatic rings. The third-order valence-corrected chi connectivity index (χ3v) is 3.08. The molecule has 0 aromatic carbocycles. The lowest BCUT2D eigenvalue weighted by Gasteiger charge is -2.07. The highest BCUT2D eigenvalue weighted by Gasteiger charge is 2.29. The Labute approximate surface area is 102 Å². The molecule has 1 aliphatic heterocycles. The molecule has 1 N–H and O–H groups in total. The van der Waals surface area contributed by atoms with Crippen LogP contribution >= 0.6 is 15.9 Å². The minimum atomic E-state index is -0.812. The normalized spacial score (nSPS) is 24.6. The van der Waals surface area contributed by atoms with Crippen LogP contribution in [0.4, 0.5) is 0 Å². The average Bonchev–Trinajstić information content (AvgIpc) is 2.65. The van der Waals surface area contributed by atoms with Crippen LogP contribution < -0.4 is 0 Å². The lowest BCUT2D eigenvalue weighted by molar-refractivity contribution is -0.139. The van der Waals surface area contributed by atoms with Gasteiger partial charge in [-0.25, -0.2) is 4.98 Å². The Morgan fingerprint density at radius 1 is 1.62 bits per heavy atom. The van der Waals surface area contributed by atoms with Gasteiger partial charge in [0, 0.05) is 11.6 Å². The summed E-state index contributed by atoms with van der Waals surface area (Å²) in [6.07, 6.45) is 0.628. The Bertz CT molecular complexity index is 397. The van der Waals surface area contributed by atoms with E-state index in [9.17, 15) is 4.79 Å². The van der Waals surface area contributed by atoms with Gasteiger partial charge in [0.1, 0.15) is 4.60 Å². The molecule has 16 heavy (non-hydrogen) atoms. The Morgan fingerprint density at radius 3 is 3.12 bits per heavy atom. The first kappa shape index (κ1) is 11.5. The Kier molecular flexibility index (Phi) is 3.56. The quantitative estimate of drug-likeness (QED) is 0.865. The van der Waals surface area contributed by atoms with Gasteiger partial charge in [-0.05, 0) is 34.5 Å². The fourth-order valence-corrected chi connectivity index (χ4v) is 2.26. The Morgan fingerprint density at radius 2 is 2.44 bits per heavy atom. The van der Waals surface area contributed by atoms with Crippen molar-refractivity contribution < 1.29 is 14.6 Å². The summed E-state index contributed by atoms with van der Waals surface area (Å²) in [4.78, 5) is 14.9. The number of hydrogen-bond donors (Lipinski definition) is 1. The number of carboxylic acids is 1. The van der Waals surface area contributed by atoms with Crippen molar-refractivity contribution in [1.29, 1.82) is 0 Å². The third kappa shape index (κ3) is 2.80. The van der Waals surface area contributed by atoms with Crippen LogP contribution in [0.2, 0.25) is 0 Å². The molecule has 0 saturated carbocycles. The molecule has 0 radical (unpaired) electrons. The van der Waals surface area contributed by atoms with E-state index < -0.39 is 5.97 Å². The second kappa shape index (κ2) is 4.93. The van der Waals surface area contributed by atoms with Gasteiger partial charge in [0.2, 0.25) is 0 Å². The number of carbonyl (C=O) groups is 1. The summed E-state index contributed by atoms with van der Waals surface area (Å²) in [6.45, 7) is 0.557. The van der Waals surface area contributed by atoms with Crippen molar-refractivity contribution in [3.05, 3.63) is 28.5 Å². The van der Waals surface area contributed by atoms with Gasteiger partial charge in [-0.2, -0.15) is 0 Å². The predicted molar refractivity (Wildman–Crippen MR) is 61.3 cm³/mol. The average molecular weight is 286 g/mol. The van der Waals surface area contributed by atoms with E-state index in [0.717, 1.165) is 16.7 Å². The zero-order valence-electron chi connectivity index (χ0n) is 8.60. The highest BCUT2D eigenvalue weighted by molar-refractivity contribution is 9.10. The minimum absolute atomic E-state index is 0.0739. The molecule has 86 valence electrons. The van der Waals surface area contributed by atoms with E-state index in [1.807, 2.05) is 18.2 Å². The van der Waals surface area contributed by atoms with Crippen LogP contribution in [0.3, 0.4) is 0 Å². The summed E-state index contributed by atoms with van der Waals surface area (Å²) in [6, 6.07) is 5.74. The maximum absolute atomic E-state index is 10.5. The highest BCUT2D eigenvalue weighted by atomic mass is 79.9. The van der Waals surface area contributed by atoms with E-state index in [0.29, 0.717) is 6.61 Å². The second-order valence-electron chi connectivity index (χ2n) is 3.87. The molecule has 5 heteroatoms. The summed E-state index contributed by atoms with van der Waals surface area (Å²) in [7, 11) is 0. The molecular weight excluding hydrogens is 274 g/mol. The van der Waals surface area contributed by atoms with Crippen LogP contribution in [0.25, 0.3) is 0 Å². The minimum Gasteiger partial charge on any atom is -0.481 e. The first-order valence-corrected chi connectivity index (χ1v) is 5.90. The van der Waals surface area contributed by atoms with Crippen LogP contribution in [0.5, 0.6) is 0 Å². The Hall–Kier alpha value is -0.940.